The van der Waals surface area contributed by atoms with Gasteiger partial charge in [-0.3, -0.25) is 4.21 Å². The summed E-state index contributed by atoms with van der Waals surface area (Å²) in [6.07, 6.45) is 5.16. The van der Waals surface area contributed by atoms with Crippen LogP contribution in [0.1, 0.15) is 38.2 Å². The SMILES string of the molecule is CCCCCCS(=O)c1cc(OC)c(CCN)cc1OC. The summed E-state index contributed by atoms with van der Waals surface area (Å²) < 4.78 is 23.3. The van der Waals surface area contributed by atoms with Gasteiger partial charge in [0.05, 0.1) is 29.9 Å². The molecule has 0 heterocycles. The van der Waals surface area contributed by atoms with Gasteiger partial charge in [-0.25, -0.2) is 0 Å². The largest absolute Gasteiger partial charge is 0.496 e. The summed E-state index contributed by atoms with van der Waals surface area (Å²) in [5, 5.41) is 0. The molecule has 0 saturated carbocycles. The second kappa shape index (κ2) is 9.79. The van der Waals surface area contributed by atoms with E-state index in [1.165, 1.54) is 12.8 Å². The Labute approximate surface area is 130 Å². The molecule has 1 aromatic rings. The zero-order valence-corrected chi connectivity index (χ0v) is 14.1. The molecule has 2 N–H and O–H groups in total. The lowest BCUT2D eigenvalue weighted by atomic mass is 10.1. The first-order chi connectivity index (χ1) is 10.2. The molecular weight excluding hydrogens is 286 g/mol. The van der Waals surface area contributed by atoms with Crippen molar-refractivity contribution in [3.05, 3.63) is 17.7 Å². The van der Waals surface area contributed by atoms with E-state index in [2.05, 4.69) is 6.92 Å². The number of hydrogen-bond acceptors (Lipinski definition) is 4. The fourth-order valence-electron chi connectivity index (χ4n) is 2.23. The summed E-state index contributed by atoms with van der Waals surface area (Å²) >= 11 is 0. The number of hydrogen-bond donors (Lipinski definition) is 1. The third kappa shape index (κ3) is 5.32. The molecule has 0 fully saturated rings. The minimum Gasteiger partial charge on any atom is -0.496 e. The maximum atomic E-state index is 12.5. The van der Waals surface area contributed by atoms with E-state index in [4.69, 9.17) is 15.2 Å². The summed E-state index contributed by atoms with van der Waals surface area (Å²) in [6, 6.07) is 3.73. The van der Waals surface area contributed by atoms with Crippen LogP contribution in [0.25, 0.3) is 0 Å². The Morgan fingerprint density at radius 1 is 1.10 bits per heavy atom. The molecule has 120 valence electrons. The predicted molar refractivity (Wildman–Crippen MR) is 87.7 cm³/mol. The Morgan fingerprint density at radius 2 is 1.81 bits per heavy atom. The zero-order chi connectivity index (χ0) is 15.7. The topological polar surface area (TPSA) is 61.5 Å². The highest BCUT2D eigenvalue weighted by atomic mass is 32.2. The van der Waals surface area contributed by atoms with Gasteiger partial charge < -0.3 is 15.2 Å². The Morgan fingerprint density at radius 3 is 2.38 bits per heavy atom. The van der Waals surface area contributed by atoms with Crippen LogP contribution in [0.15, 0.2) is 17.0 Å². The van der Waals surface area contributed by atoms with Crippen molar-refractivity contribution in [1.82, 2.24) is 0 Å². The molecule has 1 aromatic carbocycles. The molecule has 5 heteroatoms. The average molecular weight is 313 g/mol. The molecule has 1 unspecified atom stereocenters. The lowest BCUT2D eigenvalue weighted by Crippen LogP contribution is -2.07. The van der Waals surface area contributed by atoms with E-state index in [9.17, 15) is 4.21 Å². The molecule has 0 aromatic heterocycles. The number of unbranched alkanes of at least 4 members (excludes halogenated alkanes) is 3. The van der Waals surface area contributed by atoms with Crippen molar-refractivity contribution >= 4 is 10.8 Å². The van der Waals surface area contributed by atoms with E-state index in [0.717, 1.165) is 24.2 Å². The second-order valence-corrected chi connectivity index (χ2v) is 6.50. The van der Waals surface area contributed by atoms with Crippen LogP contribution in [0.3, 0.4) is 0 Å². The minimum atomic E-state index is -1.06. The maximum absolute atomic E-state index is 12.5. The quantitative estimate of drug-likeness (QED) is 0.675. The molecule has 1 rings (SSSR count). The van der Waals surface area contributed by atoms with E-state index in [1.807, 2.05) is 12.1 Å². The predicted octanol–water partition coefficient (Wildman–Crippen LogP) is 2.89. The Hall–Kier alpha value is -1.07. The molecule has 0 saturated heterocycles. The molecule has 0 aliphatic heterocycles. The highest BCUT2D eigenvalue weighted by Gasteiger charge is 2.15. The third-order valence-corrected chi connectivity index (χ3v) is 4.88. The fourth-order valence-corrected chi connectivity index (χ4v) is 3.52. The summed E-state index contributed by atoms with van der Waals surface area (Å²) in [5.74, 6) is 2.06. The van der Waals surface area contributed by atoms with Crippen molar-refractivity contribution in [2.24, 2.45) is 5.73 Å². The standard InChI is InChI=1S/C16H27NO3S/c1-4-5-6-7-10-21(18)16-12-14(19-2)13(8-9-17)11-15(16)20-3/h11-12H,4-10,17H2,1-3H3. The van der Waals surface area contributed by atoms with Gasteiger partial charge >= 0.3 is 0 Å². The molecule has 0 bridgehead atoms. The van der Waals surface area contributed by atoms with Gasteiger partial charge in [-0.2, -0.15) is 0 Å². The molecule has 0 radical (unpaired) electrons. The fraction of sp³-hybridized carbons (Fsp3) is 0.625. The van der Waals surface area contributed by atoms with Gasteiger partial charge in [0.25, 0.3) is 0 Å². The van der Waals surface area contributed by atoms with E-state index in [0.29, 0.717) is 29.4 Å². The van der Waals surface area contributed by atoms with Gasteiger partial charge in [-0.1, -0.05) is 26.2 Å². The Kier molecular flexibility index (Phi) is 8.38. The van der Waals surface area contributed by atoms with Crippen LogP contribution in [0.4, 0.5) is 0 Å². The number of ether oxygens (including phenoxy) is 2. The van der Waals surface area contributed by atoms with E-state index in [1.54, 1.807) is 14.2 Å². The van der Waals surface area contributed by atoms with Crippen LogP contribution in [-0.2, 0) is 17.2 Å². The monoisotopic (exact) mass is 313 g/mol. The lowest BCUT2D eigenvalue weighted by Gasteiger charge is -2.14. The second-order valence-electron chi connectivity index (χ2n) is 4.96. The summed E-state index contributed by atoms with van der Waals surface area (Å²) in [5.41, 5.74) is 6.60. The van der Waals surface area contributed by atoms with E-state index in [-0.39, 0.29) is 0 Å². The van der Waals surface area contributed by atoms with Gasteiger partial charge in [0.15, 0.2) is 0 Å². The summed E-state index contributed by atoms with van der Waals surface area (Å²) in [7, 11) is 2.17. The van der Waals surface area contributed by atoms with Crippen LogP contribution in [0.5, 0.6) is 11.5 Å². The van der Waals surface area contributed by atoms with Crippen LogP contribution >= 0.6 is 0 Å². The molecule has 21 heavy (non-hydrogen) atoms. The van der Waals surface area contributed by atoms with Crippen LogP contribution < -0.4 is 15.2 Å². The molecule has 0 aliphatic rings. The first-order valence-corrected chi connectivity index (χ1v) is 8.83. The highest BCUT2D eigenvalue weighted by Crippen LogP contribution is 2.31. The molecule has 4 nitrogen and oxygen atoms in total. The molecule has 1 atom stereocenters. The number of methoxy groups -OCH3 is 2. The minimum absolute atomic E-state index is 0.541. The number of benzene rings is 1. The van der Waals surface area contributed by atoms with Crippen molar-refractivity contribution in [2.45, 2.75) is 43.9 Å². The third-order valence-electron chi connectivity index (χ3n) is 3.41. The van der Waals surface area contributed by atoms with Crippen molar-refractivity contribution in [3.8, 4) is 11.5 Å². The average Bonchev–Trinajstić information content (AvgIpc) is 2.51. The van der Waals surface area contributed by atoms with E-state index >= 15 is 0 Å². The van der Waals surface area contributed by atoms with Gasteiger partial charge in [0, 0.05) is 11.8 Å². The highest BCUT2D eigenvalue weighted by molar-refractivity contribution is 7.85. The van der Waals surface area contributed by atoms with Crippen molar-refractivity contribution in [2.75, 3.05) is 26.5 Å². The van der Waals surface area contributed by atoms with Crippen LogP contribution in [0.2, 0.25) is 0 Å². The molecule has 0 spiro atoms. The zero-order valence-electron chi connectivity index (χ0n) is 13.3. The Bertz CT molecular complexity index is 463. The van der Waals surface area contributed by atoms with Crippen LogP contribution in [0, 0.1) is 0 Å². The van der Waals surface area contributed by atoms with Gasteiger partial charge in [-0.05, 0) is 31.0 Å². The van der Waals surface area contributed by atoms with Crippen molar-refractivity contribution in [1.29, 1.82) is 0 Å². The van der Waals surface area contributed by atoms with Crippen LogP contribution in [-0.4, -0.2) is 30.7 Å². The molecule has 0 aliphatic carbocycles. The first kappa shape index (κ1) is 18.0. The Balaban J connectivity index is 2.91. The molecule has 0 amide bonds. The maximum Gasteiger partial charge on any atom is 0.135 e. The summed E-state index contributed by atoms with van der Waals surface area (Å²) in [4.78, 5) is 0.714. The van der Waals surface area contributed by atoms with Crippen molar-refractivity contribution in [3.63, 3.8) is 0 Å². The number of rotatable bonds is 10. The van der Waals surface area contributed by atoms with E-state index < -0.39 is 10.8 Å². The smallest absolute Gasteiger partial charge is 0.135 e. The normalized spacial score (nSPS) is 12.2. The summed E-state index contributed by atoms with van der Waals surface area (Å²) in [6.45, 7) is 2.71. The van der Waals surface area contributed by atoms with Gasteiger partial charge in [-0.15, -0.1) is 0 Å². The lowest BCUT2D eigenvalue weighted by molar-refractivity contribution is 0.390. The number of nitrogens with two attached hydrogens (primary N) is 1. The van der Waals surface area contributed by atoms with Gasteiger partial charge in [0.1, 0.15) is 11.5 Å². The van der Waals surface area contributed by atoms with Gasteiger partial charge in [0.2, 0.25) is 0 Å². The van der Waals surface area contributed by atoms with Crippen molar-refractivity contribution < 1.29 is 13.7 Å². The first-order valence-electron chi connectivity index (χ1n) is 7.51. The molecular formula is C16H27NO3S.